The molecular formula is C23H20F6N4O3S. The average molecular weight is 546 g/mol. The number of nitriles is 1. The Morgan fingerprint density at radius 2 is 1.92 bits per heavy atom. The Labute approximate surface area is 207 Å². The SMILES string of the molecule is Cc1cc(S(=O)(=O)N[C@@H](C)C(F)(F)F)cnc1-c1c(C#N)c2cc(F)c(OC(F)F)cc2n1C1CCC1. The van der Waals surface area contributed by atoms with Crippen LogP contribution in [-0.2, 0) is 10.0 Å². The number of hydrogen-bond acceptors (Lipinski definition) is 5. The molecule has 0 aliphatic heterocycles. The number of rotatable bonds is 7. The number of nitrogens with zero attached hydrogens (tertiary/aromatic N) is 3. The molecule has 1 N–H and O–H groups in total. The van der Waals surface area contributed by atoms with Crippen LogP contribution in [0.1, 0.15) is 43.4 Å². The molecule has 0 spiro atoms. The minimum absolute atomic E-state index is 0.0144. The van der Waals surface area contributed by atoms with Gasteiger partial charge in [-0.05, 0) is 50.8 Å². The molecule has 14 heteroatoms. The summed E-state index contributed by atoms with van der Waals surface area (Å²) in [5, 5.41) is 10.1. The topological polar surface area (TPSA) is 97.0 Å². The molecule has 1 aliphatic carbocycles. The van der Waals surface area contributed by atoms with Gasteiger partial charge in [0.1, 0.15) is 17.0 Å². The molecule has 0 amide bonds. The third-order valence-electron chi connectivity index (χ3n) is 6.24. The molecule has 1 saturated carbocycles. The van der Waals surface area contributed by atoms with E-state index in [-0.39, 0.29) is 39.5 Å². The second-order valence-corrected chi connectivity index (χ2v) is 10.4. The smallest absolute Gasteiger partial charge is 0.404 e. The molecule has 37 heavy (non-hydrogen) atoms. The number of alkyl halides is 5. The highest BCUT2D eigenvalue weighted by atomic mass is 32.2. The number of fused-ring (bicyclic) bond motifs is 1. The molecule has 3 aromatic rings. The Bertz CT molecular complexity index is 1510. The van der Waals surface area contributed by atoms with E-state index in [1.807, 2.05) is 6.07 Å². The summed E-state index contributed by atoms with van der Waals surface area (Å²) in [6, 6.07) is 2.58. The van der Waals surface area contributed by atoms with Crippen molar-refractivity contribution in [2.45, 2.75) is 62.9 Å². The van der Waals surface area contributed by atoms with Crippen molar-refractivity contribution in [1.82, 2.24) is 14.3 Å². The van der Waals surface area contributed by atoms with Crippen LogP contribution < -0.4 is 9.46 Å². The van der Waals surface area contributed by atoms with Gasteiger partial charge in [-0.25, -0.2) is 12.8 Å². The van der Waals surface area contributed by atoms with Gasteiger partial charge in [-0.15, -0.1) is 0 Å². The quantitative estimate of drug-likeness (QED) is 0.391. The van der Waals surface area contributed by atoms with E-state index in [0.29, 0.717) is 19.8 Å². The van der Waals surface area contributed by atoms with Gasteiger partial charge in [0.05, 0.1) is 22.5 Å². The molecule has 0 radical (unpaired) electrons. The van der Waals surface area contributed by atoms with Gasteiger partial charge in [0, 0.05) is 23.7 Å². The van der Waals surface area contributed by atoms with Crippen molar-refractivity contribution in [3.05, 3.63) is 41.3 Å². The van der Waals surface area contributed by atoms with E-state index < -0.39 is 45.3 Å². The summed E-state index contributed by atoms with van der Waals surface area (Å²) in [7, 11) is -4.59. The zero-order valence-electron chi connectivity index (χ0n) is 19.4. The first-order valence-electron chi connectivity index (χ1n) is 11.0. The molecule has 0 saturated heterocycles. The number of ether oxygens (including phenoxy) is 1. The highest BCUT2D eigenvalue weighted by Crippen LogP contribution is 2.44. The van der Waals surface area contributed by atoms with E-state index >= 15 is 0 Å². The van der Waals surface area contributed by atoms with E-state index in [1.165, 1.54) is 6.92 Å². The van der Waals surface area contributed by atoms with Gasteiger partial charge in [0.2, 0.25) is 10.0 Å². The summed E-state index contributed by atoms with van der Waals surface area (Å²) in [6.07, 6.45) is -1.74. The number of pyridine rings is 1. The molecule has 198 valence electrons. The summed E-state index contributed by atoms with van der Waals surface area (Å²) in [5.41, 5.74) is 0.811. The maximum atomic E-state index is 14.5. The molecule has 0 bridgehead atoms. The van der Waals surface area contributed by atoms with Crippen LogP contribution in [0.15, 0.2) is 29.3 Å². The predicted molar refractivity (Wildman–Crippen MR) is 120 cm³/mol. The fourth-order valence-corrected chi connectivity index (χ4v) is 5.44. The van der Waals surface area contributed by atoms with Gasteiger partial charge in [-0.2, -0.15) is 31.9 Å². The largest absolute Gasteiger partial charge is 0.432 e. The minimum Gasteiger partial charge on any atom is -0.432 e. The van der Waals surface area contributed by atoms with Crippen LogP contribution in [0.25, 0.3) is 22.3 Å². The van der Waals surface area contributed by atoms with Crippen molar-refractivity contribution in [2.24, 2.45) is 0 Å². The van der Waals surface area contributed by atoms with E-state index in [4.69, 9.17) is 0 Å². The first-order valence-corrected chi connectivity index (χ1v) is 12.5. The van der Waals surface area contributed by atoms with Gasteiger partial charge in [-0.1, -0.05) is 0 Å². The number of benzene rings is 1. The van der Waals surface area contributed by atoms with Crippen LogP contribution in [0.2, 0.25) is 0 Å². The number of sulfonamides is 1. The average Bonchev–Trinajstić information content (AvgIpc) is 3.04. The lowest BCUT2D eigenvalue weighted by Gasteiger charge is -2.30. The zero-order valence-corrected chi connectivity index (χ0v) is 20.2. The van der Waals surface area contributed by atoms with Crippen LogP contribution in [-0.4, -0.2) is 36.8 Å². The van der Waals surface area contributed by atoms with Crippen molar-refractivity contribution in [3.63, 3.8) is 0 Å². The lowest BCUT2D eigenvalue weighted by Crippen LogP contribution is -2.43. The molecule has 1 aromatic carbocycles. The molecule has 2 heterocycles. The van der Waals surface area contributed by atoms with E-state index in [0.717, 1.165) is 30.8 Å². The fourth-order valence-electron chi connectivity index (χ4n) is 4.18. The molecular weight excluding hydrogens is 526 g/mol. The summed E-state index contributed by atoms with van der Waals surface area (Å²) in [6.45, 7) is -1.15. The van der Waals surface area contributed by atoms with Gasteiger partial charge < -0.3 is 9.30 Å². The number of nitrogens with one attached hydrogen (secondary N) is 1. The maximum Gasteiger partial charge on any atom is 0.404 e. The first kappa shape index (κ1) is 26.7. The molecule has 1 aliphatic rings. The van der Waals surface area contributed by atoms with Gasteiger partial charge in [-0.3, -0.25) is 4.98 Å². The highest BCUT2D eigenvalue weighted by molar-refractivity contribution is 7.89. The number of halogens is 6. The summed E-state index contributed by atoms with van der Waals surface area (Å²) in [4.78, 5) is 3.65. The van der Waals surface area contributed by atoms with Gasteiger partial charge in [0.15, 0.2) is 11.6 Å². The van der Waals surface area contributed by atoms with Crippen molar-refractivity contribution in [1.29, 1.82) is 5.26 Å². The standard InChI is InChI=1S/C23H20F6N4O3S/c1-11-6-14(37(34,35)32-12(2)23(27,28)29)10-31-20(11)21-16(9-30)15-7-17(24)19(36-22(25)26)8-18(15)33(21)13-4-3-5-13/h6-8,10,12-13,22,32H,3-5H2,1-2H3/t12-/m0/s1. The van der Waals surface area contributed by atoms with Gasteiger partial charge >= 0.3 is 12.8 Å². The van der Waals surface area contributed by atoms with E-state index in [9.17, 15) is 40.0 Å². The highest BCUT2D eigenvalue weighted by Gasteiger charge is 2.39. The number of aryl methyl sites for hydroxylation is 1. The third kappa shape index (κ3) is 4.97. The third-order valence-corrected chi connectivity index (χ3v) is 7.74. The Morgan fingerprint density at radius 3 is 2.43 bits per heavy atom. The van der Waals surface area contributed by atoms with E-state index in [1.54, 1.807) is 9.29 Å². The zero-order chi connectivity index (χ0) is 27.3. The van der Waals surface area contributed by atoms with Crippen molar-refractivity contribution in [2.75, 3.05) is 0 Å². The Morgan fingerprint density at radius 1 is 1.24 bits per heavy atom. The van der Waals surface area contributed by atoms with Crippen LogP contribution >= 0.6 is 0 Å². The van der Waals surface area contributed by atoms with Crippen molar-refractivity contribution in [3.8, 4) is 23.2 Å². The number of aromatic nitrogens is 2. The molecule has 1 atom stereocenters. The summed E-state index contributed by atoms with van der Waals surface area (Å²) < 4.78 is 111. The first-order chi connectivity index (χ1) is 17.2. The Hall–Kier alpha value is -3.31. The van der Waals surface area contributed by atoms with E-state index in [2.05, 4.69) is 9.72 Å². The fraction of sp³-hybridized carbons (Fsp3) is 0.391. The summed E-state index contributed by atoms with van der Waals surface area (Å²) >= 11 is 0. The Balaban J connectivity index is 1.89. The molecule has 1 fully saturated rings. The van der Waals surface area contributed by atoms with Gasteiger partial charge in [0.25, 0.3) is 0 Å². The molecule has 4 rings (SSSR count). The monoisotopic (exact) mass is 546 g/mol. The maximum absolute atomic E-state index is 14.5. The second-order valence-electron chi connectivity index (χ2n) is 8.69. The molecule has 2 aromatic heterocycles. The Kier molecular flexibility index (Phi) is 6.89. The lowest BCUT2D eigenvalue weighted by molar-refractivity contribution is -0.147. The van der Waals surface area contributed by atoms with Crippen LogP contribution in [0, 0.1) is 24.1 Å². The van der Waals surface area contributed by atoms with Crippen molar-refractivity contribution < 1.29 is 39.5 Å². The number of hydrogen-bond donors (Lipinski definition) is 1. The molecule has 0 unspecified atom stereocenters. The van der Waals surface area contributed by atoms with Crippen LogP contribution in [0.5, 0.6) is 5.75 Å². The van der Waals surface area contributed by atoms with Crippen LogP contribution in [0.3, 0.4) is 0 Å². The second kappa shape index (κ2) is 9.53. The van der Waals surface area contributed by atoms with Crippen molar-refractivity contribution >= 4 is 20.9 Å². The van der Waals surface area contributed by atoms with Crippen LogP contribution in [0.4, 0.5) is 26.3 Å². The normalized spacial score (nSPS) is 15.6. The summed E-state index contributed by atoms with van der Waals surface area (Å²) in [5.74, 6) is -1.80. The molecule has 7 nitrogen and oxygen atoms in total. The minimum atomic E-state index is -4.80. The lowest BCUT2D eigenvalue weighted by atomic mass is 9.92. The predicted octanol–water partition coefficient (Wildman–Crippen LogP) is 5.58.